The first-order valence-electron chi connectivity index (χ1n) is 6.08. The molecule has 1 atom stereocenters. The number of nitrogens with zero attached hydrogens (tertiary/aromatic N) is 2. The molecule has 0 fully saturated rings. The number of ether oxygens (including phenoxy) is 1. The highest BCUT2D eigenvalue weighted by molar-refractivity contribution is 7.07. The Morgan fingerprint density at radius 1 is 1.50 bits per heavy atom. The summed E-state index contributed by atoms with van der Waals surface area (Å²) in [6.45, 7) is 1.65. The monoisotopic (exact) mass is 292 g/mol. The number of hydrogen-bond acceptors (Lipinski definition) is 4. The maximum absolute atomic E-state index is 11.0. The molecule has 2 aromatic rings. The largest absolute Gasteiger partial charge is 0.494 e. The van der Waals surface area contributed by atoms with Gasteiger partial charge in [0.1, 0.15) is 11.4 Å². The van der Waals surface area contributed by atoms with E-state index in [2.05, 4.69) is 4.99 Å². The number of aliphatic carboxylic acids is 1. The summed E-state index contributed by atoms with van der Waals surface area (Å²) in [4.78, 5) is 16.4. The van der Waals surface area contributed by atoms with E-state index in [1.807, 2.05) is 23.2 Å². The molecule has 0 aliphatic rings. The Balaban J connectivity index is 2.47. The molecule has 0 spiro atoms. The maximum atomic E-state index is 11.0. The predicted molar refractivity (Wildman–Crippen MR) is 77.6 cm³/mol. The van der Waals surface area contributed by atoms with Crippen LogP contribution in [0.15, 0.2) is 34.8 Å². The predicted octanol–water partition coefficient (Wildman–Crippen LogP) is 2.52. The topological polar surface area (TPSA) is 63.8 Å². The zero-order valence-corrected chi connectivity index (χ0v) is 12.3. The van der Waals surface area contributed by atoms with Crippen LogP contribution >= 0.6 is 11.3 Å². The van der Waals surface area contributed by atoms with Crippen LogP contribution in [0.4, 0.5) is 5.69 Å². The first-order chi connectivity index (χ1) is 9.52. The third kappa shape index (κ3) is 2.91. The van der Waals surface area contributed by atoms with Gasteiger partial charge in [-0.1, -0.05) is 6.07 Å². The average Bonchev–Trinajstić information content (AvgIpc) is 2.83. The van der Waals surface area contributed by atoms with Gasteiger partial charge >= 0.3 is 5.97 Å². The fraction of sp³-hybridized carbons (Fsp3) is 0.286. The summed E-state index contributed by atoms with van der Waals surface area (Å²) >= 11 is 1.53. The van der Waals surface area contributed by atoms with E-state index >= 15 is 0 Å². The van der Waals surface area contributed by atoms with E-state index in [4.69, 9.17) is 9.84 Å². The summed E-state index contributed by atoms with van der Waals surface area (Å²) in [7, 11) is 3.47. The van der Waals surface area contributed by atoms with Crippen LogP contribution in [0.2, 0.25) is 0 Å². The molecular formula is C14H16N2O3S. The quantitative estimate of drug-likeness (QED) is 0.941. The molecule has 106 valence electrons. The van der Waals surface area contributed by atoms with Crippen molar-refractivity contribution in [2.75, 3.05) is 7.11 Å². The van der Waals surface area contributed by atoms with Crippen molar-refractivity contribution < 1.29 is 14.6 Å². The Labute approximate surface area is 120 Å². The standard InChI is InChI=1S/C14H16N2O3S/c1-9(13(17)18)10-4-5-11(12(8-10)19-3)15-14-16(2)6-7-20-14/h4-9H,1-3H3,(H,17,18). The Hall–Kier alpha value is -2.08. The van der Waals surface area contributed by atoms with Crippen LogP contribution in [-0.2, 0) is 11.8 Å². The highest BCUT2D eigenvalue weighted by atomic mass is 32.1. The lowest BCUT2D eigenvalue weighted by atomic mass is 10.0. The second-order valence-corrected chi connectivity index (χ2v) is 5.27. The van der Waals surface area contributed by atoms with Gasteiger partial charge in [0.15, 0.2) is 4.80 Å². The lowest BCUT2D eigenvalue weighted by Crippen LogP contribution is -2.09. The van der Waals surface area contributed by atoms with Crippen molar-refractivity contribution in [1.29, 1.82) is 0 Å². The minimum absolute atomic E-state index is 0.573. The fourth-order valence-corrected chi connectivity index (χ4v) is 2.48. The van der Waals surface area contributed by atoms with Crippen LogP contribution in [0.3, 0.4) is 0 Å². The molecule has 0 aliphatic heterocycles. The summed E-state index contributed by atoms with van der Waals surface area (Å²) < 4.78 is 7.23. The number of benzene rings is 1. The van der Waals surface area contributed by atoms with Crippen molar-refractivity contribution in [3.63, 3.8) is 0 Å². The summed E-state index contributed by atoms with van der Waals surface area (Å²) in [5.41, 5.74) is 1.38. The molecule has 0 radical (unpaired) electrons. The van der Waals surface area contributed by atoms with Gasteiger partial charge in [-0.2, -0.15) is 0 Å². The van der Waals surface area contributed by atoms with E-state index in [-0.39, 0.29) is 0 Å². The lowest BCUT2D eigenvalue weighted by molar-refractivity contribution is -0.138. The molecule has 0 saturated heterocycles. The van der Waals surface area contributed by atoms with Gasteiger partial charge in [0, 0.05) is 18.6 Å². The van der Waals surface area contributed by atoms with E-state index in [1.165, 1.54) is 11.3 Å². The Morgan fingerprint density at radius 2 is 2.25 bits per heavy atom. The zero-order chi connectivity index (χ0) is 14.7. The molecule has 6 heteroatoms. The molecular weight excluding hydrogens is 276 g/mol. The molecule has 0 bridgehead atoms. The van der Waals surface area contributed by atoms with Crippen molar-refractivity contribution >= 4 is 23.0 Å². The number of aryl methyl sites for hydroxylation is 1. The van der Waals surface area contributed by atoms with Crippen LogP contribution in [0.1, 0.15) is 18.4 Å². The zero-order valence-electron chi connectivity index (χ0n) is 11.5. The third-order valence-corrected chi connectivity index (χ3v) is 3.90. The van der Waals surface area contributed by atoms with Crippen LogP contribution in [0.25, 0.3) is 0 Å². The van der Waals surface area contributed by atoms with Gasteiger partial charge in [-0.05, 0) is 24.6 Å². The second-order valence-electron chi connectivity index (χ2n) is 4.40. The summed E-state index contributed by atoms with van der Waals surface area (Å²) in [5.74, 6) is -0.860. The number of hydrogen-bond donors (Lipinski definition) is 1. The van der Waals surface area contributed by atoms with Crippen LogP contribution < -0.4 is 9.54 Å². The molecule has 5 nitrogen and oxygen atoms in total. The first kappa shape index (κ1) is 14.3. The summed E-state index contributed by atoms with van der Waals surface area (Å²) in [6, 6.07) is 5.28. The minimum Gasteiger partial charge on any atom is -0.494 e. The third-order valence-electron chi connectivity index (χ3n) is 3.05. The van der Waals surface area contributed by atoms with Crippen LogP contribution in [0, 0.1) is 0 Å². The maximum Gasteiger partial charge on any atom is 0.310 e. The SMILES string of the molecule is COc1cc(C(C)C(=O)O)ccc1N=c1sccn1C. The van der Waals surface area contributed by atoms with Gasteiger partial charge < -0.3 is 14.4 Å². The summed E-state index contributed by atoms with van der Waals surface area (Å²) in [5, 5.41) is 11.0. The van der Waals surface area contributed by atoms with Crippen LogP contribution in [-0.4, -0.2) is 22.8 Å². The minimum atomic E-state index is -0.860. The van der Waals surface area contributed by atoms with Gasteiger partial charge in [-0.15, -0.1) is 11.3 Å². The highest BCUT2D eigenvalue weighted by Gasteiger charge is 2.15. The van der Waals surface area contributed by atoms with Crippen molar-refractivity contribution in [1.82, 2.24) is 4.57 Å². The van der Waals surface area contributed by atoms with Gasteiger partial charge in [0.25, 0.3) is 0 Å². The lowest BCUT2D eigenvalue weighted by Gasteiger charge is -2.10. The molecule has 2 rings (SSSR count). The van der Waals surface area contributed by atoms with E-state index in [0.717, 1.165) is 4.80 Å². The first-order valence-corrected chi connectivity index (χ1v) is 6.96. The van der Waals surface area contributed by atoms with E-state index in [0.29, 0.717) is 17.0 Å². The summed E-state index contributed by atoms with van der Waals surface area (Å²) in [6.07, 6.45) is 1.93. The van der Waals surface area contributed by atoms with Crippen LogP contribution in [0.5, 0.6) is 5.75 Å². The van der Waals surface area contributed by atoms with E-state index < -0.39 is 11.9 Å². The fourth-order valence-electron chi connectivity index (χ4n) is 1.74. The number of carboxylic acid groups (broad SMARTS) is 1. The number of thiazole rings is 1. The number of rotatable bonds is 4. The molecule has 0 saturated carbocycles. The number of carbonyl (C=O) groups is 1. The van der Waals surface area contributed by atoms with Gasteiger partial charge in [0.05, 0.1) is 13.0 Å². The molecule has 1 heterocycles. The van der Waals surface area contributed by atoms with Crippen molar-refractivity contribution in [3.05, 3.63) is 40.1 Å². The molecule has 0 aliphatic carbocycles. The molecule has 20 heavy (non-hydrogen) atoms. The Kier molecular flexibility index (Phi) is 4.24. The van der Waals surface area contributed by atoms with E-state index in [9.17, 15) is 4.79 Å². The van der Waals surface area contributed by atoms with Gasteiger partial charge in [-0.3, -0.25) is 4.79 Å². The van der Waals surface area contributed by atoms with Gasteiger partial charge in [0.2, 0.25) is 0 Å². The molecule has 0 amide bonds. The smallest absolute Gasteiger partial charge is 0.310 e. The molecule has 1 aromatic carbocycles. The normalized spacial score (nSPS) is 13.2. The molecule has 1 aromatic heterocycles. The number of aromatic nitrogens is 1. The number of carboxylic acids is 1. The van der Waals surface area contributed by atoms with Crippen molar-refractivity contribution in [3.8, 4) is 5.75 Å². The number of methoxy groups -OCH3 is 1. The Bertz CT molecular complexity index is 688. The van der Waals surface area contributed by atoms with Crippen molar-refractivity contribution in [2.24, 2.45) is 12.0 Å². The van der Waals surface area contributed by atoms with E-state index in [1.54, 1.807) is 32.2 Å². The highest BCUT2D eigenvalue weighted by Crippen LogP contribution is 2.30. The molecule has 1 N–H and O–H groups in total. The van der Waals surface area contributed by atoms with Gasteiger partial charge in [-0.25, -0.2) is 4.99 Å². The van der Waals surface area contributed by atoms with Crippen molar-refractivity contribution in [2.45, 2.75) is 12.8 Å². The molecule has 1 unspecified atom stereocenters. The second kappa shape index (κ2) is 5.92. The average molecular weight is 292 g/mol. The Morgan fingerprint density at radius 3 is 2.80 bits per heavy atom.